The molecule has 2 heterocycles. The summed E-state index contributed by atoms with van der Waals surface area (Å²) in [5, 5.41) is 8.99. The van der Waals surface area contributed by atoms with Gasteiger partial charge in [-0.05, 0) is 61.6 Å². The molecule has 1 aromatic heterocycles. The molecule has 4 rings (SSSR count). The van der Waals surface area contributed by atoms with Crippen molar-refractivity contribution in [1.82, 2.24) is 19.7 Å². The van der Waals surface area contributed by atoms with E-state index in [1.807, 2.05) is 16.7 Å². The Morgan fingerprint density at radius 1 is 1.12 bits per heavy atom. The third kappa shape index (κ3) is 5.14. The first kappa shape index (κ1) is 24.7. The Hall–Kier alpha value is -2.42. The molecule has 3 aromatic rings. The van der Waals surface area contributed by atoms with Gasteiger partial charge in [0.15, 0.2) is 5.82 Å². The summed E-state index contributed by atoms with van der Waals surface area (Å²) in [5.41, 5.74) is 2.02. The molecule has 0 bridgehead atoms. The number of nitrogens with zero attached hydrogens (tertiary/aromatic N) is 4. The van der Waals surface area contributed by atoms with Crippen molar-refractivity contribution in [2.45, 2.75) is 63.4 Å². The maximum Gasteiger partial charge on any atom is 0.261 e. The minimum atomic E-state index is -3.81. The lowest BCUT2D eigenvalue weighted by atomic mass is 9.87. The maximum atomic E-state index is 13.2. The van der Waals surface area contributed by atoms with E-state index in [-0.39, 0.29) is 16.4 Å². The topological polar surface area (TPSA) is 80.1 Å². The van der Waals surface area contributed by atoms with Crippen LogP contribution in [0.3, 0.4) is 0 Å². The highest BCUT2D eigenvalue weighted by Crippen LogP contribution is 2.34. The molecule has 34 heavy (non-hydrogen) atoms. The van der Waals surface area contributed by atoms with Gasteiger partial charge in [0.1, 0.15) is 6.33 Å². The Balaban J connectivity index is 1.66. The van der Waals surface area contributed by atoms with Gasteiger partial charge in [0.2, 0.25) is 0 Å². The third-order valence-corrected chi connectivity index (χ3v) is 8.01. The van der Waals surface area contributed by atoms with Crippen LogP contribution in [0.5, 0.6) is 0 Å². The average Bonchev–Trinajstić information content (AvgIpc) is 3.44. The van der Waals surface area contributed by atoms with Gasteiger partial charge in [-0.2, -0.15) is 0 Å². The molecule has 2 aromatic carbocycles. The molecule has 182 valence electrons. The molecule has 1 aliphatic heterocycles. The van der Waals surface area contributed by atoms with Crippen LogP contribution in [-0.2, 0) is 15.4 Å². The summed E-state index contributed by atoms with van der Waals surface area (Å²) in [4.78, 5) is 2.61. The van der Waals surface area contributed by atoms with Gasteiger partial charge in [0.05, 0.1) is 16.6 Å². The molecule has 1 N–H and O–H groups in total. The number of nitrogens with one attached hydrogen (secondary N) is 1. The van der Waals surface area contributed by atoms with Crippen LogP contribution in [0.2, 0.25) is 5.02 Å². The van der Waals surface area contributed by atoms with Crippen LogP contribution in [0.25, 0.3) is 11.4 Å². The summed E-state index contributed by atoms with van der Waals surface area (Å²) in [5.74, 6) is 0.596. The zero-order chi connectivity index (χ0) is 24.7. The lowest BCUT2D eigenvalue weighted by molar-refractivity contribution is 0.265. The Kier molecular flexibility index (Phi) is 6.77. The lowest BCUT2D eigenvalue weighted by Crippen LogP contribution is -2.28. The fourth-order valence-electron chi connectivity index (χ4n) is 4.30. The number of hydrogen-bond donors (Lipinski definition) is 1. The summed E-state index contributed by atoms with van der Waals surface area (Å²) in [6, 6.07) is 12.7. The van der Waals surface area contributed by atoms with Gasteiger partial charge in [-0.25, -0.2) is 8.42 Å². The van der Waals surface area contributed by atoms with Gasteiger partial charge in [-0.15, -0.1) is 10.2 Å². The molecule has 0 unspecified atom stereocenters. The van der Waals surface area contributed by atoms with E-state index in [2.05, 4.69) is 54.4 Å². The number of anilines is 1. The molecular formula is C25H32ClN5O2S. The number of likely N-dealkylation sites (tertiary alicyclic amines) is 1. The lowest BCUT2D eigenvalue weighted by Gasteiger charge is -2.21. The molecule has 1 saturated heterocycles. The van der Waals surface area contributed by atoms with Crippen molar-refractivity contribution >= 4 is 27.3 Å². The Morgan fingerprint density at radius 2 is 1.82 bits per heavy atom. The molecule has 0 aliphatic carbocycles. The van der Waals surface area contributed by atoms with Crippen molar-refractivity contribution in [2.24, 2.45) is 0 Å². The van der Waals surface area contributed by atoms with E-state index in [0.717, 1.165) is 25.1 Å². The molecule has 0 radical (unpaired) electrons. The van der Waals surface area contributed by atoms with E-state index < -0.39 is 10.0 Å². The Bertz CT molecular complexity index is 1260. The number of sulfonamides is 1. The smallest absolute Gasteiger partial charge is 0.261 e. The first-order valence-corrected chi connectivity index (χ1v) is 13.4. The zero-order valence-corrected chi connectivity index (χ0v) is 21.9. The first-order chi connectivity index (χ1) is 16.0. The largest absolute Gasteiger partial charge is 0.309 e. The average molecular weight is 502 g/mol. The van der Waals surface area contributed by atoms with E-state index in [4.69, 9.17) is 11.6 Å². The molecule has 0 saturated carbocycles. The van der Waals surface area contributed by atoms with Crippen LogP contribution in [0.1, 0.15) is 52.6 Å². The van der Waals surface area contributed by atoms with Crippen LogP contribution < -0.4 is 4.72 Å². The highest BCUT2D eigenvalue weighted by atomic mass is 35.5. The monoisotopic (exact) mass is 501 g/mol. The second-order valence-electron chi connectivity index (χ2n) is 10.2. The quantitative estimate of drug-likeness (QED) is 0.492. The SMILES string of the molecule is CC(C)N1CC[C@H](n2cnnc2-c2cc(Cl)ccc2NS(=O)(=O)c2ccc(C(C)(C)C)cc2)C1. The normalized spacial score (nSPS) is 17.4. The highest BCUT2D eigenvalue weighted by Gasteiger charge is 2.28. The summed E-state index contributed by atoms with van der Waals surface area (Å²) >= 11 is 6.32. The van der Waals surface area contributed by atoms with E-state index in [1.165, 1.54) is 0 Å². The zero-order valence-electron chi connectivity index (χ0n) is 20.3. The minimum absolute atomic E-state index is 0.0610. The number of hydrogen-bond acceptors (Lipinski definition) is 5. The van der Waals surface area contributed by atoms with Crippen LogP contribution >= 0.6 is 11.6 Å². The molecule has 0 amide bonds. The number of aromatic nitrogens is 3. The second kappa shape index (κ2) is 9.32. The predicted molar refractivity (Wildman–Crippen MR) is 137 cm³/mol. The summed E-state index contributed by atoms with van der Waals surface area (Å²) in [6.07, 6.45) is 2.69. The van der Waals surface area contributed by atoms with Crippen molar-refractivity contribution in [2.75, 3.05) is 17.8 Å². The van der Waals surface area contributed by atoms with Crippen molar-refractivity contribution in [1.29, 1.82) is 0 Å². The van der Waals surface area contributed by atoms with Crippen LogP contribution in [0.4, 0.5) is 5.69 Å². The summed E-state index contributed by atoms with van der Waals surface area (Å²) < 4.78 is 31.2. The van der Waals surface area contributed by atoms with Crippen LogP contribution in [-0.4, -0.2) is 47.2 Å². The second-order valence-corrected chi connectivity index (χ2v) is 12.3. The van der Waals surface area contributed by atoms with E-state index in [9.17, 15) is 8.42 Å². The molecule has 9 heteroatoms. The standard InChI is InChI=1S/C25H32ClN5O2S/c1-17(2)30-13-12-20(15-30)31-16-27-28-24(31)22-14-19(26)8-11-23(22)29-34(32,33)21-9-6-18(7-10-21)25(3,4)5/h6-11,14,16-17,20,29H,12-13,15H2,1-5H3/t20-/m0/s1. The molecule has 1 fully saturated rings. The van der Waals surface area contributed by atoms with Gasteiger partial charge >= 0.3 is 0 Å². The molecular weight excluding hydrogens is 470 g/mol. The van der Waals surface area contributed by atoms with Crippen molar-refractivity contribution < 1.29 is 8.42 Å². The third-order valence-electron chi connectivity index (χ3n) is 6.39. The van der Waals surface area contributed by atoms with Gasteiger partial charge in [0, 0.05) is 29.7 Å². The van der Waals surface area contributed by atoms with E-state index in [0.29, 0.717) is 28.1 Å². The Labute approximate surface area is 207 Å². The van der Waals surface area contributed by atoms with Crippen molar-refractivity contribution in [3.05, 3.63) is 59.4 Å². The first-order valence-electron chi connectivity index (χ1n) is 11.5. The molecule has 0 spiro atoms. The fraction of sp³-hybridized carbons (Fsp3) is 0.440. The van der Waals surface area contributed by atoms with Gasteiger partial charge in [0.25, 0.3) is 10.0 Å². The van der Waals surface area contributed by atoms with Gasteiger partial charge < -0.3 is 4.57 Å². The van der Waals surface area contributed by atoms with Crippen LogP contribution in [0.15, 0.2) is 53.7 Å². The molecule has 7 nitrogen and oxygen atoms in total. The number of rotatable bonds is 6. The van der Waals surface area contributed by atoms with Gasteiger partial charge in [-0.3, -0.25) is 9.62 Å². The summed E-state index contributed by atoms with van der Waals surface area (Å²) in [6.45, 7) is 12.5. The summed E-state index contributed by atoms with van der Waals surface area (Å²) in [7, 11) is -3.81. The van der Waals surface area contributed by atoms with E-state index >= 15 is 0 Å². The number of halogens is 1. The van der Waals surface area contributed by atoms with Crippen molar-refractivity contribution in [3.8, 4) is 11.4 Å². The molecule has 1 aliphatic rings. The van der Waals surface area contributed by atoms with Crippen LogP contribution in [0, 0.1) is 0 Å². The Morgan fingerprint density at radius 3 is 2.44 bits per heavy atom. The van der Waals surface area contributed by atoms with Gasteiger partial charge in [-0.1, -0.05) is 44.5 Å². The van der Waals surface area contributed by atoms with Crippen molar-refractivity contribution in [3.63, 3.8) is 0 Å². The highest BCUT2D eigenvalue weighted by molar-refractivity contribution is 7.92. The fourth-order valence-corrected chi connectivity index (χ4v) is 5.55. The number of benzene rings is 2. The van der Waals surface area contributed by atoms with E-state index in [1.54, 1.807) is 36.7 Å². The molecule has 1 atom stereocenters. The predicted octanol–water partition coefficient (Wildman–Crippen LogP) is 5.35. The minimum Gasteiger partial charge on any atom is -0.309 e. The maximum absolute atomic E-state index is 13.2.